The Morgan fingerprint density at radius 2 is 2.05 bits per heavy atom. The molecule has 3 aromatic heterocycles. The van der Waals surface area contributed by atoms with Gasteiger partial charge in [0.15, 0.2) is 0 Å². The number of pyridine rings is 1. The van der Waals surface area contributed by atoms with Crippen molar-refractivity contribution in [2.75, 3.05) is 25.0 Å². The van der Waals surface area contributed by atoms with Crippen molar-refractivity contribution in [3.63, 3.8) is 0 Å². The Morgan fingerprint density at radius 3 is 2.88 bits per heavy atom. The number of fused-ring (bicyclic) bond motifs is 1. The molecule has 2 aliphatic rings. The molecule has 6 rings (SSSR count). The zero-order chi connectivity index (χ0) is 28.0. The lowest BCUT2D eigenvalue weighted by atomic mass is 10.1. The van der Waals surface area contributed by atoms with Crippen LogP contribution in [0.5, 0.6) is 5.75 Å². The van der Waals surface area contributed by atoms with Crippen LogP contribution in [0.4, 0.5) is 16.3 Å². The zero-order valence-electron chi connectivity index (χ0n) is 22.3. The maximum atomic E-state index is 12.4. The number of piperidine rings is 1. The average molecular weight is 589 g/mol. The molecular formula is C30H29ClN6O3S. The molecule has 1 aromatic carbocycles. The van der Waals surface area contributed by atoms with Crippen LogP contribution in [0.3, 0.4) is 0 Å². The molecule has 2 unspecified atom stereocenters. The number of halogens is 1. The minimum atomic E-state index is -0.207. The van der Waals surface area contributed by atoms with E-state index in [1.54, 1.807) is 12.3 Å². The molecule has 11 heteroatoms. The van der Waals surface area contributed by atoms with Gasteiger partial charge < -0.3 is 19.7 Å². The molecule has 1 amide bonds. The first-order chi connectivity index (χ1) is 20.1. The maximum absolute atomic E-state index is 12.4. The van der Waals surface area contributed by atoms with E-state index in [4.69, 9.17) is 21.1 Å². The molecule has 0 radical (unpaired) electrons. The highest BCUT2D eigenvalue weighted by Gasteiger charge is 2.28. The SMILES string of the molecule is O=C(OC1CNC(C#Cc2cc3c(Nc4ccc(OCc5ccccn5)c(Cl)c4)ncnc3s2)C1)N1CCCCC1. The zero-order valence-corrected chi connectivity index (χ0v) is 23.9. The van der Waals surface area contributed by atoms with Crippen LogP contribution >= 0.6 is 22.9 Å². The first kappa shape index (κ1) is 27.3. The van der Waals surface area contributed by atoms with Crippen LogP contribution in [0.1, 0.15) is 36.3 Å². The number of carbonyl (C=O) groups excluding carboxylic acids is 1. The monoisotopic (exact) mass is 588 g/mol. The van der Waals surface area contributed by atoms with Gasteiger partial charge in [0.25, 0.3) is 0 Å². The summed E-state index contributed by atoms with van der Waals surface area (Å²) in [5, 5.41) is 8.06. The third-order valence-electron chi connectivity index (χ3n) is 6.97. The third-order valence-corrected chi connectivity index (χ3v) is 8.22. The second-order valence-corrected chi connectivity index (χ2v) is 11.4. The summed E-state index contributed by atoms with van der Waals surface area (Å²) in [6.45, 7) is 2.51. The third kappa shape index (κ3) is 6.88. The predicted molar refractivity (Wildman–Crippen MR) is 160 cm³/mol. The molecule has 2 saturated heterocycles. The quantitative estimate of drug-likeness (QED) is 0.274. The molecule has 5 heterocycles. The van der Waals surface area contributed by atoms with Gasteiger partial charge in [0.1, 0.15) is 35.4 Å². The van der Waals surface area contributed by atoms with Gasteiger partial charge in [0, 0.05) is 37.9 Å². The molecule has 0 saturated carbocycles. The van der Waals surface area contributed by atoms with Crippen LogP contribution in [0, 0.1) is 11.8 Å². The molecular weight excluding hydrogens is 560 g/mol. The Labute approximate surface area is 247 Å². The van der Waals surface area contributed by atoms with Gasteiger partial charge in [-0.3, -0.25) is 10.3 Å². The Balaban J connectivity index is 1.08. The molecule has 4 aromatic rings. The lowest BCUT2D eigenvalue weighted by molar-refractivity contribution is 0.0646. The van der Waals surface area contributed by atoms with Crippen LogP contribution in [0.2, 0.25) is 5.02 Å². The molecule has 2 fully saturated rings. The highest BCUT2D eigenvalue weighted by molar-refractivity contribution is 7.19. The molecule has 0 aliphatic carbocycles. The van der Waals surface area contributed by atoms with Crippen molar-refractivity contribution in [1.29, 1.82) is 0 Å². The van der Waals surface area contributed by atoms with Crippen molar-refractivity contribution in [3.05, 3.63) is 70.6 Å². The largest absolute Gasteiger partial charge is 0.486 e. The number of likely N-dealkylation sites (tertiary alicyclic amines) is 1. The van der Waals surface area contributed by atoms with Crippen LogP contribution in [-0.2, 0) is 11.3 Å². The number of benzene rings is 1. The minimum Gasteiger partial charge on any atom is -0.486 e. The summed E-state index contributed by atoms with van der Waals surface area (Å²) in [4.78, 5) is 29.1. The summed E-state index contributed by atoms with van der Waals surface area (Å²) in [6, 6.07) is 13.1. The van der Waals surface area contributed by atoms with Crippen LogP contribution in [0.25, 0.3) is 10.2 Å². The van der Waals surface area contributed by atoms with E-state index in [1.807, 2.05) is 41.3 Å². The van der Waals surface area contributed by atoms with E-state index < -0.39 is 0 Å². The number of anilines is 2. The second kappa shape index (κ2) is 12.7. The Hall–Kier alpha value is -3.91. The average Bonchev–Trinajstić information content (AvgIpc) is 3.64. The van der Waals surface area contributed by atoms with E-state index in [0.717, 1.165) is 52.4 Å². The number of carbonyl (C=O) groups is 1. The summed E-state index contributed by atoms with van der Waals surface area (Å²) >= 11 is 8.00. The standard InChI is InChI=1S/C30H29ClN6O3S/c31-26-15-21(8-10-27(26)39-18-22-6-2-3-11-32-22)36-28-25-16-24(41-29(25)35-19-34-28)9-7-20-14-23(17-33-20)40-30(38)37-12-4-1-5-13-37/h2-3,6,8,10-11,15-16,19-20,23,33H,1,4-5,12-14,17-18H2,(H,34,35,36). The summed E-state index contributed by atoms with van der Waals surface area (Å²) in [5.74, 6) is 7.80. The Kier molecular flexibility index (Phi) is 8.46. The lowest BCUT2D eigenvalue weighted by Gasteiger charge is -2.27. The van der Waals surface area contributed by atoms with Gasteiger partial charge in [-0.25, -0.2) is 14.8 Å². The highest BCUT2D eigenvalue weighted by Crippen LogP contribution is 2.33. The Bertz CT molecular complexity index is 1580. The van der Waals surface area contributed by atoms with Crippen molar-refractivity contribution in [2.45, 2.75) is 44.4 Å². The van der Waals surface area contributed by atoms with Gasteiger partial charge in [0.05, 0.1) is 27.0 Å². The molecule has 2 N–H and O–H groups in total. The summed E-state index contributed by atoms with van der Waals surface area (Å²) in [5.41, 5.74) is 1.60. The number of hydrogen-bond donors (Lipinski definition) is 2. The molecule has 0 bridgehead atoms. The maximum Gasteiger partial charge on any atom is 0.410 e. The molecule has 2 aliphatic heterocycles. The van der Waals surface area contributed by atoms with Gasteiger partial charge in [-0.1, -0.05) is 29.5 Å². The second-order valence-electron chi connectivity index (χ2n) is 9.95. The van der Waals surface area contributed by atoms with Crippen LogP contribution < -0.4 is 15.4 Å². The minimum absolute atomic E-state index is 0.0383. The number of nitrogens with one attached hydrogen (secondary N) is 2. The smallest absolute Gasteiger partial charge is 0.410 e. The van der Waals surface area contributed by atoms with Gasteiger partial charge in [-0.05, 0) is 55.7 Å². The van der Waals surface area contributed by atoms with Crippen LogP contribution in [0.15, 0.2) is 55.0 Å². The first-order valence-corrected chi connectivity index (χ1v) is 14.8. The number of rotatable bonds is 6. The fourth-order valence-corrected chi connectivity index (χ4v) is 5.93. The topological polar surface area (TPSA) is 102 Å². The van der Waals surface area contributed by atoms with Gasteiger partial charge in [-0.2, -0.15) is 0 Å². The fourth-order valence-electron chi connectivity index (χ4n) is 4.84. The van der Waals surface area contributed by atoms with E-state index in [2.05, 4.69) is 37.4 Å². The molecule has 0 spiro atoms. The van der Waals surface area contributed by atoms with Gasteiger partial charge in [0.2, 0.25) is 0 Å². The normalized spacial score (nSPS) is 18.5. The van der Waals surface area contributed by atoms with Crippen molar-refractivity contribution < 1.29 is 14.3 Å². The molecule has 41 heavy (non-hydrogen) atoms. The molecule has 2 atom stereocenters. The van der Waals surface area contributed by atoms with Gasteiger partial charge in [-0.15, -0.1) is 11.3 Å². The summed E-state index contributed by atoms with van der Waals surface area (Å²) < 4.78 is 11.5. The predicted octanol–water partition coefficient (Wildman–Crippen LogP) is 5.77. The van der Waals surface area contributed by atoms with E-state index in [9.17, 15) is 4.79 Å². The van der Waals surface area contributed by atoms with E-state index in [-0.39, 0.29) is 18.2 Å². The fraction of sp³-hybridized carbons (Fsp3) is 0.333. The number of hydrogen-bond acceptors (Lipinski definition) is 9. The van der Waals surface area contributed by atoms with Crippen molar-refractivity contribution in [2.24, 2.45) is 0 Å². The summed E-state index contributed by atoms with van der Waals surface area (Å²) in [6.07, 6.45) is 6.84. The lowest BCUT2D eigenvalue weighted by Crippen LogP contribution is -2.38. The number of aromatic nitrogens is 3. The van der Waals surface area contributed by atoms with Crippen molar-refractivity contribution in [1.82, 2.24) is 25.2 Å². The van der Waals surface area contributed by atoms with Crippen LogP contribution in [-0.4, -0.2) is 57.7 Å². The highest BCUT2D eigenvalue weighted by atomic mass is 35.5. The van der Waals surface area contributed by atoms with E-state index >= 15 is 0 Å². The molecule has 210 valence electrons. The van der Waals surface area contributed by atoms with Gasteiger partial charge >= 0.3 is 6.09 Å². The first-order valence-electron chi connectivity index (χ1n) is 13.6. The van der Waals surface area contributed by atoms with Crippen molar-refractivity contribution in [3.8, 4) is 17.6 Å². The number of thiophene rings is 1. The number of amides is 1. The Morgan fingerprint density at radius 1 is 1.15 bits per heavy atom. The van der Waals surface area contributed by atoms with E-state index in [0.29, 0.717) is 36.2 Å². The number of ether oxygens (including phenoxy) is 2. The van der Waals surface area contributed by atoms with Crippen molar-refractivity contribution >= 4 is 50.8 Å². The summed E-state index contributed by atoms with van der Waals surface area (Å²) in [7, 11) is 0. The molecule has 9 nitrogen and oxygen atoms in total. The number of nitrogens with zero attached hydrogens (tertiary/aromatic N) is 4. The van der Waals surface area contributed by atoms with E-state index in [1.165, 1.54) is 24.1 Å².